The van der Waals surface area contributed by atoms with Crippen molar-refractivity contribution in [2.75, 3.05) is 0 Å². The van der Waals surface area contributed by atoms with Gasteiger partial charge in [0.15, 0.2) is 0 Å². The standard InChI is InChI=1S/C14H10Cl2N6O/c15-10-6-11(16)17-7-9(10)14(23)18-12(13-19-21-22-20-13)8-4-2-1-3-5-8/h1-7,12H,(H,18,23)(H,19,20,21,22). The van der Waals surface area contributed by atoms with Crippen molar-refractivity contribution in [1.29, 1.82) is 0 Å². The third kappa shape index (κ3) is 3.46. The first kappa shape index (κ1) is 15.4. The van der Waals surface area contributed by atoms with Gasteiger partial charge in [0.25, 0.3) is 5.91 Å². The molecule has 1 amide bonds. The van der Waals surface area contributed by atoms with Crippen LogP contribution in [0.15, 0.2) is 42.6 Å². The summed E-state index contributed by atoms with van der Waals surface area (Å²) in [7, 11) is 0. The summed E-state index contributed by atoms with van der Waals surface area (Å²) in [6, 6.07) is 10.1. The first-order valence-corrected chi connectivity index (χ1v) is 7.31. The van der Waals surface area contributed by atoms with E-state index in [-0.39, 0.29) is 15.7 Å². The van der Waals surface area contributed by atoms with Gasteiger partial charge in [-0.05, 0) is 11.6 Å². The normalized spacial score (nSPS) is 11.9. The predicted octanol–water partition coefficient (Wildman–Crippen LogP) is 2.42. The number of carbonyl (C=O) groups excluding carboxylic acids is 1. The molecule has 1 atom stereocenters. The van der Waals surface area contributed by atoms with Crippen LogP contribution in [0, 0.1) is 0 Å². The number of hydrogen-bond donors (Lipinski definition) is 2. The summed E-state index contributed by atoms with van der Waals surface area (Å²) in [6.45, 7) is 0. The van der Waals surface area contributed by atoms with Crippen LogP contribution in [0.1, 0.15) is 27.8 Å². The molecule has 0 fully saturated rings. The van der Waals surface area contributed by atoms with Gasteiger partial charge in [0, 0.05) is 6.20 Å². The maximum absolute atomic E-state index is 12.5. The summed E-state index contributed by atoms with van der Waals surface area (Å²) >= 11 is 11.8. The van der Waals surface area contributed by atoms with Crippen molar-refractivity contribution in [3.8, 4) is 0 Å². The molecule has 2 N–H and O–H groups in total. The van der Waals surface area contributed by atoms with E-state index in [9.17, 15) is 4.79 Å². The van der Waals surface area contributed by atoms with E-state index < -0.39 is 11.9 Å². The summed E-state index contributed by atoms with van der Waals surface area (Å²) in [5.41, 5.74) is 1.01. The van der Waals surface area contributed by atoms with Crippen LogP contribution in [0.3, 0.4) is 0 Å². The molecule has 0 bridgehead atoms. The number of aromatic amines is 1. The van der Waals surface area contributed by atoms with E-state index in [4.69, 9.17) is 23.2 Å². The molecule has 2 aromatic heterocycles. The molecule has 0 aliphatic heterocycles. The molecule has 9 heteroatoms. The van der Waals surface area contributed by atoms with E-state index in [1.807, 2.05) is 30.3 Å². The highest BCUT2D eigenvalue weighted by atomic mass is 35.5. The highest BCUT2D eigenvalue weighted by molar-refractivity contribution is 6.36. The van der Waals surface area contributed by atoms with Crippen molar-refractivity contribution in [2.24, 2.45) is 0 Å². The molecule has 0 spiro atoms. The quantitative estimate of drug-likeness (QED) is 0.705. The fourth-order valence-corrected chi connectivity index (χ4v) is 2.47. The van der Waals surface area contributed by atoms with Gasteiger partial charge in [-0.3, -0.25) is 4.79 Å². The van der Waals surface area contributed by atoms with Crippen LogP contribution >= 0.6 is 23.2 Å². The zero-order chi connectivity index (χ0) is 16.2. The zero-order valence-electron chi connectivity index (χ0n) is 11.6. The molecule has 23 heavy (non-hydrogen) atoms. The lowest BCUT2D eigenvalue weighted by atomic mass is 10.1. The number of H-pyrrole nitrogens is 1. The average Bonchev–Trinajstić information content (AvgIpc) is 3.07. The molecule has 1 unspecified atom stereocenters. The number of aromatic nitrogens is 5. The number of carbonyl (C=O) groups is 1. The predicted molar refractivity (Wildman–Crippen MR) is 84.2 cm³/mol. The molecule has 0 saturated carbocycles. The number of nitrogens with one attached hydrogen (secondary N) is 2. The first-order valence-electron chi connectivity index (χ1n) is 6.55. The van der Waals surface area contributed by atoms with E-state index in [0.717, 1.165) is 5.56 Å². The van der Waals surface area contributed by atoms with Crippen LogP contribution < -0.4 is 5.32 Å². The second-order valence-corrected chi connectivity index (χ2v) is 5.37. The first-order chi connectivity index (χ1) is 11.1. The van der Waals surface area contributed by atoms with E-state index in [2.05, 4.69) is 30.9 Å². The fraction of sp³-hybridized carbons (Fsp3) is 0.0714. The van der Waals surface area contributed by atoms with Gasteiger partial charge < -0.3 is 5.32 Å². The molecule has 3 rings (SSSR count). The average molecular weight is 349 g/mol. The monoisotopic (exact) mass is 348 g/mol. The van der Waals surface area contributed by atoms with Crippen molar-refractivity contribution in [3.63, 3.8) is 0 Å². The van der Waals surface area contributed by atoms with Gasteiger partial charge in [0.2, 0.25) is 5.82 Å². The Morgan fingerprint density at radius 2 is 2.00 bits per heavy atom. The Balaban J connectivity index is 1.91. The lowest BCUT2D eigenvalue weighted by molar-refractivity contribution is 0.0941. The van der Waals surface area contributed by atoms with Gasteiger partial charge >= 0.3 is 0 Å². The summed E-state index contributed by atoms with van der Waals surface area (Å²) in [5.74, 6) is -0.0829. The van der Waals surface area contributed by atoms with Crippen molar-refractivity contribution < 1.29 is 4.79 Å². The van der Waals surface area contributed by atoms with Gasteiger partial charge in [-0.15, -0.1) is 10.2 Å². The molecule has 2 heterocycles. The number of benzene rings is 1. The van der Waals surface area contributed by atoms with Gasteiger partial charge in [0.05, 0.1) is 10.6 Å². The van der Waals surface area contributed by atoms with Crippen molar-refractivity contribution in [3.05, 3.63) is 69.7 Å². The molecule has 116 valence electrons. The van der Waals surface area contributed by atoms with Crippen molar-refractivity contribution in [1.82, 2.24) is 30.9 Å². The maximum Gasteiger partial charge on any atom is 0.255 e. The number of halogens is 2. The van der Waals surface area contributed by atoms with Gasteiger partial charge in [0.1, 0.15) is 11.2 Å². The Bertz CT molecular complexity index is 809. The highest BCUT2D eigenvalue weighted by Gasteiger charge is 2.22. The minimum atomic E-state index is -0.575. The van der Waals surface area contributed by atoms with Gasteiger partial charge in [-0.2, -0.15) is 5.21 Å². The minimum Gasteiger partial charge on any atom is -0.338 e. The van der Waals surface area contributed by atoms with E-state index in [0.29, 0.717) is 5.82 Å². The van der Waals surface area contributed by atoms with Crippen molar-refractivity contribution in [2.45, 2.75) is 6.04 Å². The number of pyridine rings is 1. The molecule has 0 radical (unpaired) electrons. The van der Waals surface area contributed by atoms with Crippen molar-refractivity contribution >= 4 is 29.1 Å². The Morgan fingerprint density at radius 3 is 2.65 bits per heavy atom. The lowest BCUT2D eigenvalue weighted by Crippen LogP contribution is -2.30. The Labute approximate surface area is 141 Å². The lowest BCUT2D eigenvalue weighted by Gasteiger charge is -2.16. The van der Waals surface area contributed by atoms with Crippen LogP contribution in [-0.4, -0.2) is 31.5 Å². The Hall–Kier alpha value is -2.51. The number of nitrogens with zero attached hydrogens (tertiary/aromatic N) is 4. The smallest absolute Gasteiger partial charge is 0.255 e. The zero-order valence-corrected chi connectivity index (χ0v) is 13.1. The van der Waals surface area contributed by atoms with Gasteiger partial charge in [-0.1, -0.05) is 58.7 Å². The Morgan fingerprint density at radius 1 is 1.22 bits per heavy atom. The van der Waals surface area contributed by atoms with E-state index in [1.54, 1.807) is 0 Å². The molecular weight excluding hydrogens is 339 g/mol. The van der Waals surface area contributed by atoms with Gasteiger partial charge in [-0.25, -0.2) is 4.98 Å². The maximum atomic E-state index is 12.5. The molecule has 7 nitrogen and oxygen atoms in total. The van der Waals surface area contributed by atoms with Crippen LogP contribution in [-0.2, 0) is 0 Å². The van der Waals surface area contributed by atoms with Crippen LogP contribution in [0.25, 0.3) is 0 Å². The van der Waals surface area contributed by atoms with E-state index >= 15 is 0 Å². The third-order valence-corrected chi connectivity index (χ3v) is 3.61. The largest absolute Gasteiger partial charge is 0.338 e. The summed E-state index contributed by atoms with van der Waals surface area (Å²) in [4.78, 5) is 16.4. The number of tetrazole rings is 1. The Kier molecular flexibility index (Phi) is 4.50. The van der Waals surface area contributed by atoms with E-state index in [1.165, 1.54) is 12.3 Å². The number of hydrogen-bond acceptors (Lipinski definition) is 5. The fourth-order valence-electron chi connectivity index (χ4n) is 2.02. The van der Waals surface area contributed by atoms with Crippen LogP contribution in [0.4, 0.5) is 0 Å². The topological polar surface area (TPSA) is 96.5 Å². The minimum absolute atomic E-state index is 0.209. The molecular formula is C14H10Cl2N6O. The second kappa shape index (κ2) is 6.72. The molecule has 0 saturated heterocycles. The SMILES string of the molecule is O=C(NC(c1ccccc1)c1nn[nH]n1)c1cnc(Cl)cc1Cl. The molecule has 0 aliphatic rings. The molecule has 1 aromatic carbocycles. The number of rotatable bonds is 4. The molecule has 0 aliphatic carbocycles. The highest BCUT2D eigenvalue weighted by Crippen LogP contribution is 2.22. The van der Waals surface area contributed by atoms with Crippen LogP contribution in [0.5, 0.6) is 0 Å². The summed E-state index contributed by atoms with van der Waals surface area (Å²) in [6.07, 6.45) is 1.32. The second-order valence-electron chi connectivity index (χ2n) is 4.57. The number of amides is 1. The molecule has 3 aromatic rings. The summed E-state index contributed by atoms with van der Waals surface area (Å²) in [5, 5.41) is 17.0. The summed E-state index contributed by atoms with van der Waals surface area (Å²) < 4.78 is 0. The third-order valence-electron chi connectivity index (χ3n) is 3.09. The van der Waals surface area contributed by atoms with Crippen LogP contribution in [0.2, 0.25) is 10.2 Å².